The maximum absolute atomic E-state index is 12.0. The van der Waals surface area contributed by atoms with E-state index in [0.29, 0.717) is 5.75 Å². The third-order valence-corrected chi connectivity index (χ3v) is 3.30. The molecule has 0 radical (unpaired) electrons. The van der Waals surface area contributed by atoms with E-state index in [0.717, 1.165) is 4.57 Å². The topological polar surface area (TPSA) is 93.6 Å². The summed E-state index contributed by atoms with van der Waals surface area (Å²) in [5, 5.41) is 10.3. The summed E-state index contributed by atoms with van der Waals surface area (Å²) in [6.07, 6.45) is 0. The Kier molecular flexibility index (Phi) is 3.95. The minimum Gasteiger partial charge on any atom is -0.495 e. The van der Waals surface area contributed by atoms with Gasteiger partial charge >= 0.3 is 5.69 Å². The lowest BCUT2D eigenvalue weighted by Crippen LogP contribution is -2.30. The molecule has 21 heavy (non-hydrogen) atoms. The zero-order valence-electron chi connectivity index (χ0n) is 11.6. The average Bonchev–Trinajstić information content (AvgIpc) is 2.45. The maximum Gasteiger partial charge on any atom is 0.335 e. The Bertz CT molecular complexity index is 809. The number of H-pyrrole nitrogens is 1. The Balaban J connectivity index is 2.85. The highest BCUT2D eigenvalue weighted by Crippen LogP contribution is 2.35. The van der Waals surface area contributed by atoms with Crippen molar-refractivity contribution in [2.75, 3.05) is 14.2 Å². The van der Waals surface area contributed by atoms with Crippen LogP contribution >= 0.6 is 11.6 Å². The summed E-state index contributed by atoms with van der Waals surface area (Å²) >= 11 is 6.03. The first kappa shape index (κ1) is 15.0. The molecule has 2 aromatic rings. The predicted octanol–water partition coefficient (Wildman–Crippen LogP) is 1.21. The quantitative estimate of drug-likeness (QED) is 0.888. The fourth-order valence-electron chi connectivity index (χ4n) is 1.85. The number of hydrogen-bond donors (Lipinski definition) is 2. The minimum atomic E-state index is -0.803. The van der Waals surface area contributed by atoms with E-state index in [2.05, 4.69) is 4.98 Å². The van der Waals surface area contributed by atoms with Crippen molar-refractivity contribution in [3.05, 3.63) is 43.6 Å². The van der Waals surface area contributed by atoms with Crippen molar-refractivity contribution in [3.8, 4) is 23.1 Å². The molecule has 0 amide bonds. The van der Waals surface area contributed by atoms with E-state index in [1.807, 2.05) is 0 Å². The number of nitrogens with zero attached hydrogens (tertiary/aromatic N) is 1. The standard InChI is InChI=1S/C13H13ClN2O5/c1-6-11(17)15-13(19)16(12(6)18)8-4-7(14)9(20-2)5-10(8)21-3/h4-5,18H,1-3H3,(H,15,17,19). The molecule has 0 saturated heterocycles. The number of aromatic amines is 1. The Hall–Kier alpha value is -2.41. The minimum absolute atomic E-state index is 0.00333. The third-order valence-electron chi connectivity index (χ3n) is 3.01. The van der Waals surface area contributed by atoms with Crippen LogP contribution in [0.2, 0.25) is 5.02 Å². The van der Waals surface area contributed by atoms with Crippen LogP contribution in [0.25, 0.3) is 5.69 Å². The van der Waals surface area contributed by atoms with E-state index >= 15 is 0 Å². The second kappa shape index (κ2) is 5.53. The molecule has 0 aliphatic heterocycles. The molecular formula is C13H13ClN2O5. The van der Waals surface area contributed by atoms with E-state index in [-0.39, 0.29) is 22.0 Å². The monoisotopic (exact) mass is 312 g/mol. The normalized spacial score (nSPS) is 10.5. The third kappa shape index (κ3) is 2.47. The molecular weight excluding hydrogens is 300 g/mol. The molecule has 1 heterocycles. The Labute approximate surface area is 124 Å². The molecule has 0 saturated carbocycles. The highest BCUT2D eigenvalue weighted by atomic mass is 35.5. The molecule has 1 aromatic carbocycles. The van der Waals surface area contributed by atoms with Gasteiger partial charge < -0.3 is 14.6 Å². The summed E-state index contributed by atoms with van der Waals surface area (Å²) in [4.78, 5) is 25.5. The summed E-state index contributed by atoms with van der Waals surface area (Å²) < 4.78 is 11.1. The van der Waals surface area contributed by atoms with Gasteiger partial charge in [0.2, 0.25) is 5.88 Å². The molecule has 112 valence electrons. The summed E-state index contributed by atoms with van der Waals surface area (Å²) in [7, 11) is 2.83. The summed E-state index contributed by atoms with van der Waals surface area (Å²) in [6.45, 7) is 1.39. The second-order valence-corrected chi connectivity index (χ2v) is 4.61. The molecule has 0 unspecified atom stereocenters. The van der Waals surface area contributed by atoms with Crippen LogP contribution in [0, 0.1) is 6.92 Å². The predicted molar refractivity (Wildman–Crippen MR) is 77.2 cm³/mol. The number of benzene rings is 1. The lowest BCUT2D eigenvalue weighted by Gasteiger charge is -2.15. The molecule has 0 atom stereocenters. The highest BCUT2D eigenvalue weighted by Gasteiger charge is 2.18. The number of methoxy groups -OCH3 is 2. The second-order valence-electron chi connectivity index (χ2n) is 4.20. The molecule has 0 aliphatic carbocycles. The molecule has 0 spiro atoms. The van der Waals surface area contributed by atoms with E-state index in [9.17, 15) is 14.7 Å². The first-order valence-electron chi connectivity index (χ1n) is 5.87. The van der Waals surface area contributed by atoms with Crippen LogP contribution in [0.1, 0.15) is 5.56 Å². The van der Waals surface area contributed by atoms with Crippen LogP contribution in [-0.4, -0.2) is 28.9 Å². The number of aromatic hydroxyl groups is 1. The molecule has 2 rings (SSSR count). The molecule has 0 bridgehead atoms. The zero-order valence-corrected chi connectivity index (χ0v) is 12.3. The number of aromatic nitrogens is 2. The summed E-state index contributed by atoms with van der Waals surface area (Å²) in [5.41, 5.74) is -1.27. The molecule has 0 fully saturated rings. The Morgan fingerprint density at radius 3 is 2.38 bits per heavy atom. The molecule has 1 aromatic heterocycles. The van der Waals surface area contributed by atoms with Gasteiger partial charge in [-0.2, -0.15) is 0 Å². The molecule has 7 nitrogen and oxygen atoms in total. The number of hydrogen-bond acceptors (Lipinski definition) is 5. The van der Waals surface area contributed by atoms with Gasteiger partial charge in [-0.05, 0) is 13.0 Å². The van der Waals surface area contributed by atoms with Crippen LogP contribution in [-0.2, 0) is 0 Å². The van der Waals surface area contributed by atoms with Crippen LogP contribution < -0.4 is 20.7 Å². The Morgan fingerprint density at radius 2 is 1.81 bits per heavy atom. The van der Waals surface area contributed by atoms with Gasteiger partial charge in [-0.25, -0.2) is 9.36 Å². The zero-order chi connectivity index (χ0) is 15.7. The largest absolute Gasteiger partial charge is 0.495 e. The Morgan fingerprint density at radius 1 is 1.19 bits per heavy atom. The van der Waals surface area contributed by atoms with Crippen molar-refractivity contribution in [2.24, 2.45) is 0 Å². The van der Waals surface area contributed by atoms with Crippen LogP contribution in [0.3, 0.4) is 0 Å². The van der Waals surface area contributed by atoms with Crippen LogP contribution in [0.15, 0.2) is 21.7 Å². The van der Waals surface area contributed by atoms with Gasteiger partial charge in [0.25, 0.3) is 5.56 Å². The van der Waals surface area contributed by atoms with E-state index in [1.165, 1.54) is 33.3 Å². The summed E-state index contributed by atoms with van der Waals surface area (Å²) in [5.74, 6) is 0.120. The van der Waals surface area contributed by atoms with Crippen molar-refractivity contribution >= 4 is 11.6 Å². The van der Waals surface area contributed by atoms with Crippen LogP contribution in [0.4, 0.5) is 0 Å². The lowest BCUT2D eigenvalue weighted by atomic mass is 10.2. The van der Waals surface area contributed by atoms with Crippen molar-refractivity contribution in [1.29, 1.82) is 0 Å². The SMILES string of the molecule is COc1cc(OC)c(-n2c(O)c(C)c(=O)[nH]c2=O)cc1Cl. The summed E-state index contributed by atoms with van der Waals surface area (Å²) in [6, 6.07) is 2.88. The van der Waals surface area contributed by atoms with Gasteiger partial charge in [-0.1, -0.05) is 11.6 Å². The van der Waals surface area contributed by atoms with Gasteiger partial charge in [0.1, 0.15) is 11.5 Å². The first-order valence-corrected chi connectivity index (χ1v) is 6.25. The van der Waals surface area contributed by atoms with Gasteiger partial charge in [-0.3, -0.25) is 9.78 Å². The van der Waals surface area contributed by atoms with Gasteiger partial charge in [0, 0.05) is 6.07 Å². The van der Waals surface area contributed by atoms with Crippen LogP contribution in [0.5, 0.6) is 17.4 Å². The first-order chi connectivity index (χ1) is 9.90. The van der Waals surface area contributed by atoms with Crippen molar-refractivity contribution in [3.63, 3.8) is 0 Å². The maximum atomic E-state index is 12.0. The fraction of sp³-hybridized carbons (Fsp3) is 0.231. The van der Waals surface area contributed by atoms with E-state index in [4.69, 9.17) is 21.1 Å². The van der Waals surface area contributed by atoms with Crippen molar-refractivity contribution in [2.45, 2.75) is 6.92 Å². The fourth-order valence-corrected chi connectivity index (χ4v) is 2.09. The van der Waals surface area contributed by atoms with Crippen molar-refractivity contribution in [1.82, 2.24) is 9.55 Å². The lowest BCUT2D eigenvalue weighted by molar-refractivity contribution is 0.387. The van der Waals surface area contributed by atoms with E-state index < -0.39 is 17.1 Å². The number of nitrogens with one attached hydrogen (secondary N) is 1. The van der Waals surface area contributed by atoms with Gasteiger partial charge in [-0.15, -0.1) is 0 Å². The van der Waals surface area contributed by atoms with Crippen molar-refractivity contribution < 1.29 is 14.6 Å². The van der Waals surface area contributed by atoms with Gasteiger partial charge in [0.05, 0.1) is 30.5 Å². The van der Waals surface area contributed by atoms with Gasteiger partial charge in [0.15, 0.2) is 0 Å². The molecule has 2 N–H and O–H groups in total. The van der Waals surface area contributed by atoms with E-state index in [1.54, 1.807) is 0 Å². The average molecular weight is 313 g/mol. The highest BCUT2D eigenvalue weighted by molar-refractivity contribution is 6.32. The molecule has 8 heteroatoms. The number of ether oxygens (including phenoxy) is 2. The number of halogens is 1. The smallest absolute Gasteiger partial charge is 0.335 e. The number of rotatable bonds is 3. The molecule has 0 aliphatic rings.